The van der Waals surface area contributed by atoms with Crippen LogP contribution in [0.25, 0.3) is 5.82 Å². The van der Waals surface area contributed by atoms with Gasteiger partial charge in [-0.25, -0.2) is 9.97 Å². The highest BCUT2D eigenvalue weighted by Crippen LogP contribution is 2.33. The van der Waals surface area contributed by atoms with Crippen molar-refractivity contribution in [2.75, 3.05) is 5.43 Å². The summed E-state index contributed by atoms with van der Waals surface area (Å²) in [6, 6.07) is 1.85. The first kappa shape index (κ1) is 15.7. The lowest BCUT2D eigenvalue weighted by Gasteiger charge is -2.18. The first-order chi connectivity index (χ1) is 11.3. The van der Waals surface area contributed by atoms with Gasteiger partial charge in [-0.1, -0.05) is 0 Å². The second kappa shape index (κ2) is 5.48. The highest BCUT2D eigenvalue weighted by Gasteiger charge is 2.35. The van der Waals surface area contributed by atoms with Crippen molar-refractivity contribution in [3.8, 4) is 5.82 Å². The van der Waals surface area contributed by atoms with Crippen molar-refractivity contribution in [3.63, 3.8) is 0 Å². The SMILES string of the molecule is CC1=CC(=O)N(Nc2ccc(C(F)(F)F)c(-n3ccnc3)n2)C1=O. The van der Waals surface area contributed by atoms with E-state index in [1.165, 1.54) is 25.6 Å². The van der Waals surface area contributed by atoms with Crippen LogP contribution in [0.15, 0.2) is 42.5 Å². The van der Waals surface area contributed by atoms with Crippen LogP contribution < -0.4 is 5.43 Å². The number of nitrogens with zero attached hydrogens (tertiary/aromatic N) is 4. The Bertz CT molecular complexity index is 843. The number of pyridine rings is 1. The van der Waals surface area contributed by atoms with Gasteiger partial charge >= 0.3 is 6.18 Å². The summed E-state index contributed by atoms with van der Waals surface area (Å²) < 4.78 is 40.5. The summed E-state index contributed by atoms with van der Waals surface area (Å²) in [6.07, 6.45) is 0.278. The first-order valence-corrected chi connectivity index (χ1v) is 6.67. The molecule has 2 amide bonds. The van der Waals surface area contributed by atoms with E-state index >= 15 is 0 Å². The maximum atomic E-state index is 13.1. The number of anilines is 1. The zero-order valence-electron chi connectivity index (χ0n) is 12.2. The lowest BCUT2D eigenvalue weighted by Crippen LogP contribution is -2.36. The Balaban J connectivity index is 1.98. The molecule has 10 heteroatoms. The average molecular weight is 337 g/mol. The van der Waals surface area contributed by atoms with Gasteiger partial charge in [0, 0.05) is 24.0 Å². The molecule has 124 valence electrons. The van der Waals surface area contributed by atoms with Gasteiger partial charge in [-0.3, -0.25) is 19.6 Å². The van der Waals surface area contributed by atoms with Crippen LogP contribution in [0.1, 0.15) is 12.5 Å². The van der Waals surface area contributed by atoms with Crippen molar-refractivity contribution in [3.05, 3.63) is 48.1 Å². The molecular formula is C14H10F3N5O2. The molecule has 0 atom stereocenters. The first-order valence-electron chi connectivity index (χ1n) is 6.67. The molecule has 0 spiro atoms. The van der Waals surface area contributed by atoms with E-state index in [1.54, 1.807) is 0 Å². The fourth-order valence-corrected chi connectivity index (χ4v) is 2.12. The molecule has 1 N–H and O–H groups in total. The van der Waals surface area contributed by atoms with Gasteiger partial charge < -0.3 is 0 Å². The third-order valence-corrected chi connectivity index (χ3v) is 3.26. The van der Waals surface area contributed by atoms with Crippen molar-refractivity contribution < 1.29 is 22.8 Å². The fraction of sp³-hybridized carbons (Fsp3) is 0.143. The van der Waals surface area contributed by atoms with Gasteiger partial charge in [-0.15, -0.1) is 0 Å². The molecule has 7 nitrogen and oxygen atoms in total. The lowest BCUT2D eigenvalue weighted by molar-refractivity contribution is -0.138. The number of alkyl halides is 3. The standard InChI is InChI=1S/C14H10F3N5O2/c1-8-6-11(23)22(13(8)24)20-10-3-2-9(14(15,16)17)12(19-10)21-5-4-18-7-21/h2-7H,1H3,(H,19,20). The molecule has 1 aliphatic rings. The maximum Gasteiger partial charge on any atom is 0.419 e. The van der Waals surface area contributed by atoms with E-state index in [4.69, 9.17) is 0 Å². The number of nitrogens with one attached hydrogen (secondary N) is 1. The van der Waals surface area contributed by atoms with Gasteiger partial charge in [0.2, 0.25) is 0 Å². The van der Waals surface area contributed by atoms with Crippen LogP contribution in [0.3, 0.4) is 0 Å². The summed E-state index contributed by atoms with van der Waals surface area (Å²) in [6.45, 7) is 1.46. The molecule has 3 heterocycles. The molecule has 0 unspecified atom stereocenters. The van der Waals surface area contributed by atoms with Gasteiger partial charge in [-0.2, -0.15) is 18.2 Å². The Hall–Kier alpha value is -3.17. The van der Waals surface area contributed by atoms with Crippen molar-refractivity contribution >= 4 is 17.6 Å². The second-order valence-electron chi connectivity index (χ2n) is 4.95. The van der Waals surface area contributed by atoms with Gasteiger partial charge in [0.25, 0.3) is 11.8 Å². The smallest absolute Gasteiger partial charge is 0.290 e. The molecule has 2 aromatic rings. The minimum Gasteiger partial charge on any atom is -0.290 e. The summed E-state index contributed by atoms with van der Waals surface area (Å²) >= 11 is 0. The normalized spacial score (nSPS) is 15.0. The van der Waals surface area contributed by atoms with Crippen LogP contribution in [0.5, 0.6) is 0 Å². The third kappa shape index (κ3) is 2.73. The highest BCUT2D eigenvalue weighted by atomic mass is 19.4. The highest BCUT2D eigenvalue weighted by molar-refractivity contribution is 6.16. The number of halogens is 3. The number of hydrazine groups is 1. The predicted molar refractivity (Wildman–Crippen MR) is 75.6 cm³/mol. The molecule has 0 saturated heterocycles. The minimum atomic E-state index is -4.62. The molecular weight excluding hydrogens is 327 g/mol. The van der Waals surface area contributed by atoms with Crippen LogP contribution in [0.2, 0.25) is 0 Å². The van der Waals surface area contributed by atoms with Gasteiger partial charge in [-0.05, 0) is 19.1 Å². The number of amides is 2. The van der Waals surface area contributed by atoms with Crippen molar-refractivity contribution in [1.29, 1.82) is 0 Å². The van der Waals surface area contributed by atoms with E-state index < -0.39 is 29.4 Å². The number of imidazole rings is 1. The zero-order valence-corrected chi connectivity index (χ0v) is 12.2. The molecule has 2 aromatic heterocycles. The van der Waals surface area contributed by atoms with E-state index in [1.807, 2.05) is 0 Å². The van der Waals surface area contributed by atoms with E-state index in [0.29, 0.717) is 5.01 Å². The van der Waals surface area contributed by atoms with Crippen molar-refractivity contribution in [2.45, 2.75) is 13.1 Å². The van der Waals surface area contributed by atoms with E-state index in [-0.39, 0.29) is 11.4 Å². The molecule has 0 radical (unpaired) electrons. The van der Waals surface area contributed by atoms with Crippen LogP contribution in [-0.4, -0.2) is 31.4 Å². The number of imide groups is 1. The number of aromatic nitrogens is 3. The molecule has 3 rings (SSSR count). The summed E-state index contributed by atoms with van der Waals surface area (Å²) in [7, 11) is 0. The number of hydrogen-bond acceptors (Lipinski definition) is 5. The molecule has 0 aliphatic carbocycles. The van der Waals surface area contributed by atoms with Gasteiger partial charge in [0.05, 0.1) is 5.56 Å². The fourth-order valence-electron chi connectivity index (χ4n) is 2.12. The summed E-state index contributed by atoms with van der Waals surface area (Å²) in [5, 5.41) is 0.683. The molecule has 1 aliphatic heterocycles. The predicted octanol–water partition coefficient (Wildman–Crippen LogP) is 1.93. The van der Waals surface area contributed by atoms with Crippen molar-refractivity contribution in [1.82, 2.24) is 19.5 Å². The Morgan fingerprint density at radius 3 is 2.50 bits per heavy atom. The van der Waals surface area contributed by atoms with Gasteiger partial charge in [0.1, 0.15) is 12.1 Å². The Kier molecular flexibility index (Phi) is 3.59. The summed E-state index contributed by atoms with van der Waals surface area (Å²) in [5.41, 5.74) is 1.67. The minimum absolute atomic E-state index is 0.0866. The molecule has 0 bridgehead atoms. The number of rotatable bonds is 3. The Labute approximate surface area is 133 Å². The van der Waals surface area contributed by atoms with Crippen LogP contribution in [0.4, 0.5) is 19.0 Å². The second-order valence-corrected chi connectivity index (χ2v) is 4.95. The lowest BCUT2D eigenvalue weighted by atomic mass is 10.2. The zero-order chi connectivity index (χ0) is 17.5. The topological polar surface area (TPSA) is 80.1 Å². The van der Waals surface area contributed by atoms with Crippen LogP contribution in [0, 0.1) is 0 Å². The average Bonchev–Trinajstić information content (AvgIpc) is 3.11. The maximum absolute atomic E-state index is 13.1. The van der Waals surface area contributed by atoms with E-state index in [2.05, 4.69) is 15.4 Å². The van der Waals surface area contributed by atoms with E-state index in [0.717, 1.165) is 22.8 Å². The van der Waals surface area contributed by atoms with E-state index in [9.17, 15) is 22.8 Å². The molecule has 24 heavy (non-hydrogen) atoms. The molecule has 0 fully saturated rings. The van der Waals surface area contributed by atoms with Crippen LogP contribution in [-0.2, 0) is 15.8 Å². The number of carbonyl (C=O) groups excluding carboxylic acids is 2. The monoisotopic (exact) mass is 337 g/mol. The van der Waals surface area contributed by atoms with Crippen LogP contribution >= 0.6 is 0 Å². The van der Waals surface area contributed by atoms with Gasteiger partial charge in [0.15, 0.2) is 5.82 Å². The number of carbonyl (C=O) groups is 2. The molecule has 0 saturated carbocycles. The summed E-state index contributed by atoms with van der Waals surface area (Å²) in [5.74, 6) is -1.72. The number of hydrogen-bond donors (Lipinski definition) is 1. The third-order valence-electron chi connectivity index (χ3n) is 3.26. The summed E-state index contributed by atoms with van der Waals surface area (Å²) in [4.78, 5) is 31.1. The Morgan fingerprint density at radius 2 is 1.96 bits per heavy atom. The van der Waals surface area contributed by atoms with Crippen molar-refractivity contribution in [2.24, 2.45) is 0 Å². The Morgan fingerprint density at radius 1 is 1.21 bits per heavy atom. The molecule has 0 aromatic carbocycles. The largest absolute Gasteiger partial charge is 0.419 e. The quantitative estimate of drug-likeness (QED) is 0.866.